The molecule has 0 atom stereocenters. The molecule has 1 fully saturated rings. The van der Waals surface area contributed by atoms with Gasteiger partial charge >= 0.3 is 12.2 Å². The van der Waals surface area contributed by atoms with Crippen molar-refractivity contribution < 1.29 is 19.4 Å². The molecule has 0 aromatic heterocycles. The van der Waals surface area contributed by atoms with Crippen LogP contribution in [0.5, 0.6) is 0 Å². The monoisotopic (exact) mass is 286 g/mol. The molecule has 0 bridgehead atoms. The van der Waals surface area contributed by atoms with Crippen molar-refractivity contribution in [3.8, 4) is 0 Å². The molecule has 1 aliphatic rings. The predicted octanol–water partition coefficient (Wildman–Crippen LogP) is 2.87. The predicted molar refractivity (Wildman–Crippen MR) is 75.8 cm³/mol. The van der Waals surface area contributed by atoms with E-state index in [-0.39, 0.29) is 18.2 Å². The maximum atomic E-state index is 11.6. The number of amides is 2. The van der Waals surface area contributed by atoms with E-state index in [4.69, 9.17) is 9.84 Å². The molecule has 1 aliphatic carbocycles. The second-order valence-corrected chi connectivity index (χ2v) is 5.34. The molecule has 2 amide bonds. The third-order valence-electron chi connectivity index (χ3n) is 3.61. The number of rotatable bonds is 7. The van der Waals surface area contributed by atoms with Crippen molar-refractivity contribution in [2.75, 3.05) is 6.61 Å². The number of carbonyl (C=O) groups excluding carboxylic acids is 1. The van der Waals surface area contributed by atoms with Gasteiger partial charge in [0.15, 0.2) is 0 Å². The van der Waals surface area contributed by atoms with Crippen LogP contribution in [0.25, 0.3) is 0 Å². The van der Waals surface area contributed by atoms with Crippen molar-refractivity contribution >= 4 is 12.2 Å². The van der Waals surface area contributed by atoms with E-state index in [1.54, 1.807) is 0 Å². The molecule has 116 valence electrons. The molecule has 0 saturated heterocycles. The quantitative estimate of drug-likeness (QED) is 0.628. The van der Waals surface area contributed by atoms with Gasteiger partial charge in [0, 0.05) is 12.1 Å². The highest BCUT2D eigenvalue weighted by Crippen LogP contribution is 2.18. The Bertz CT molecular complexity index is 302. The summed E-state index contributed by atoms with van der Waals surface area (Å²) in [5.41, 5.74) is 0. The zero-order valence-electron chi connectivity index (χ0n) is 12.2. The van der Waals surface area contributed by atoms with Crippen LogP contribution in [0.15, 0.2) is 0 Å². The maximum absolute atomic E-state index is 11.6. The van der Waals surface area contributed by atoms with Crippen LogP contribution in [0.3, 0.4) is 0 Å². The van der Waals surface area contributed by atoms with E-state index in [0.29, 0.717) is 6.61 Å². The van der Waals surface area contributed by atoms with Crippen LogP contribution in [0.2, 0.25) is 0 Å². The number of carboxylic acid groups (broad SMARTS) is 1. The summed E-state index contributed by atoms with van der Waals surface area (Å²) in [6.07, 6.45) is 6.11. The lowest BCUT2D eigenvalue weighted by molar-refractivity contribution is 0.135. The molecular weight excluding hydrogens is 260 g/mol. The lowest BCUT2D eigenvalue weighted by atomic mass is 9.91. The second-order valence-electron chi connectivity index (χ2n) is 5.34. The van der Waals surface area contributed by atoms with E-state index in [2.05, 4.69) is 17.6 Å². The number of hydrogen-bond donors (Lipinski definition) is 3. The fourth-order valence-electron chi connectivity index (χ4n) is 2.46. The fourth-order valence-corrected chi connectivity index (χ4v) is 2.46. The first-order valence-electron chi connectivity index (χ1n) is 7.54. The van der Waals surface area contributed by atoms with Crippen molar-refractivity contribution in [3.05, 3.63) is 0 Å². The summed E-state index contributed by atoms with van der Waals surface area (Å²) in [4.78, 5) is 22.1. The van der Waals surface area contributed by atoms with Crippen LogP contribution < -0.4 is 10.6 Å². The fraction of sp³-hybridized carbons (Fsp3) is 0.857. The average molecular weight is 286 g/mol. The molecule has 0 heterocycles. The molecule has 6 nitrogen and oxygen atoms in total. The van der Waals surface area contributed by atoms with Crippen LogP contribution in [0.1, 0.15) is 58.3 Å². The minimum Gasteiger partial charge on any atom is -0.465 e. The van der Waals surface area contributed by atoms with Crippen molar-refractivity contribution in [1.29, 1.82) is 0 Å². The van der Waals surface area contributed by atoms with Crippen LogP contribution in [-0.2, 0) is 4.74 Å². The summed E-state index contributed by atoms with van der Waals surface area (Å²) >= 11 is 0. The average Bonchev–Trinajstić information content (AvgIpc) is 2.40. The maximum Gasteiger partial charge on any atom is 0.407 e. The van der Waals surface area contributed by atoms with Gasteiger partial charge < -0.3 is 20.5 Å². The van der Waals surface area contributed by atoms with Gasteiger partial charge in [-0.25, -0.2) is 9.59 Å². The molecular formula is C14H26N2O4. The van der Waals surface area contributed by atoms with Crippen molar-refractivity contribution in [2.24, 2.45) is 0 Å². The second kappa shape index (κ2) is 9.44. The lowest BCUT2D eigenvalue weighted by Gasteiger charge is -2.28. The van der Waals surface area contributed by atoms with Gasteiger partial charge in [0.25, 0.3) is 0 Å². The Kier molecular flexibility index (Phi) is 7.84. The molecule has 3 N–H and O–H groups in total. The summed E-state index contributed by atoms with van der Waals surface area (Å²) in [5, 5.41) is 14.0. The number of hydrogen-bond acceptors (Lipinski definition) is 3. The van der Waals surface area contributed by atoms with E-state index in [1.165, 1.54) is 12.8 Å². The van der Waals surface area contributed by atoms with E-state index in [0.717, 1.165) is 38.5 Å². The minimum atomic E-state index is -0.979. The van der Waals surface area contributed by atoms with Gasteiger partial charge in [-0.1, -0.05) is 26.2 Å². The zero-order chi connectivity index (χ0) is 14.8. The highest BCUT2D eigenvalue weighted by Gasteiger charge is 2.23. The summed E-state index contributed by atoms with van der Waals surface area (Å²) in [6.45, 7) is 2.62. The van der Waals surface area contributed by atoms with Crippen molar-refractivity contribution in [2.45, 2.75) is 70.4 Å². The van der Waals surface area contributed by atoms with Gasteiger partial charge in [0.05, 0.1) is 6.61 Å². The minimum absolute atomic E-state index is 0.00983. The van der Waals surface area contributed by atoms with Gasteiger partial charge in [-0.3, -0.25) is 0 Å². The van der Waals surface area contributed by atoms with Gasteiger partial charge in [-0.15, -0.1) is 0 Å². The topological polar surface area (TPSA) is 87.7 Å². The van der Waals surface area contributed by atoms with Gasteiger partial charge in [0.1, 0.15) is 0 Å². The smallest absolute Gasteiger partial charge is 0.407 e. The standard InChI is InChI=1S/C14H26N2O4/c1-2-3-4-5-10-20-14(19)16-12-8-6-11(7-9-12)15-13(17)18/h11-12,15H,2-10H2,1H3,(H,16,19)(H,17,18). The van der Waals surface area contributed by atoms with E-state index in [1.807, 2.05) is 0 Å². The molecule has 0 spiro atoms. The normalized spacial score (nSPS) is 22.1. The zero-order valence-corrected chi connectivity index (χ0v) is 12.2. The Morgan fingerprint density at radius 1 is 1.05 bits per heavy atom. The van der Waals surface area contributed by atoms with Gasteiger partial charge in [0.2, 0.25) is 0 Å². The third-order valence-corrected chi connectivity index (χ3v) is 3.61. The molecule has 6 heteroatoms. The van der Waals surface area contributed by atoms with E-state index in [9.17, 15) is 9.59 Å². The van der Waals surface area contributed by atoms with E-state index < -0.39 is 6.09 Å². The molecule has 0 aliphatic heterocycles. The number of alkyl carbamates (subject to hydrolysis) is 1. The van der Waals surface area contributed by atoms with Crippen LogP contribution in [0.4, 0.5) is 9.59 Å². The van der Waals surface area contributed by atoms with Gasteiger partial charge in [-0.05, 0) is 32.1 Å². The number of ether oxygens (including phenoxy) is 1. The first-order chi connectivity index (χ1) is 9.61. The van der Waals surface area contributed by atoms with Crippen LogP contribution >= 0.6 is 0 Å². The lowest BCUT2D eigenvalue weighted by Crippen LogP contribution is -2.43. The summed E-state index contributed by atoms with van der Waals surface area (Å²) in [6, 6.07) is 0.112. The number of carbonyl (C=O) groups is 2. The molecule has 20 heavy (non-hydrogen) atoms. The molecule has 1 saturated carbocycles. The van der Waals surface area contributed by atoms with Crippen molar-refractivity contribution in [3.63, 3.8) is 0 Å². The molecule has 0 aromatic carbocycles. The first kappa shape index (κ1) is 16.6. The Morgan fingerprint density at radius 2 is 1.65 bits per heavy atom. The van der Waals surface area contributed by atoms with E-state index >= 15 is 0 Å². The first-order valence-corrected chi connectivity index (χ1v) is 7.54. The third kappa shape index (κ3) is 7.21. The SMILES string of the molecule is CCCCCCOC(=O)NC1CCC(NC(=O)O)CC1. The summed E-state index contributed by atoms with van der Waals surface area (Å²) in [7, 11) is 0. The highest BCUT2D eigenvalue weighted by molar-refractivity contribution is 5.67. The van der Waals surface area contributed by atoms with Crippen LogP contribution in [0, 0.1) is 0 Å². The van der Waals surface area contributed by atoms with Crippen molar-refractivity contribution in [1.82, 2.24) is 10.6 Å². The molecule has 0 aromatic rings. The Hall–Kier alpha value is -1.46. The van der Waals surface area contributed by atoms with Crippen LogP contribution in [-0.4, -0.2) is 36.0 Å². The Balaban J connectivity index is 2.07. The summed E-state index contributed by atoms with van der Waals surface area (Å²) < 4.78 is 5.12. The molecule has 1 rings (SSSR count). The number of nitrogens with one attached hydrogen (secondary N) is 2. The largest absolute Gasteiger partial charge is 0.465 e. The summed E-state index contributed by atoms with van der Waals surface area (Å²) in [5.74, 6) is 0. The molecule has 0 radical (unpaired) electrons. The Labute approximate surface area is 120 Å². The van der Waals surface area contributed by atoms with Gasteiger partial charge in [-0.2, -0.15) is 0 Å². The number of unbranched alkanes of at least 4 members (excludes halogenated alkanes) is 3. The highest BCUT2D eigenvalue weighted by atomic mass is 16.5. The molecule has 0 unspecified atom stereocenters. The Morgan fingerprint density at radius 3 is 2.20 bits per heavy atom.